The molecule has 0 aliphatic carbocycles. The fourth-order valence-corrected chi connectivity index (χ4v) is 2.61. The molecule has 1 amide bonds. The van der Waals surface area contributed by atoms with Crippen molar-refractivity contribution in [1.82, 2.24) is 5.32 Å². The highest BCUT2D eigenvalue weighted by molar-refractivity contribution is 7.92. The van der Waals surface area contributed by atoms with Crippen LogP contribution in [-0.4, -0.2) is 39.7 Å². The Morgan fingerprint density at radius 2 is 2.38 bits per heavy atom. The summed E-state index contributed by atoms with van der Waals surface area (Å²) < 4.78 is 11.5. The molecule has 0 aromatic carbocycles. The minimum atomic E-state index is -1.21. The molecule has 0 bridgehead atoms. The maximum atomic E-state index is 11.5. The zero-order valence-electron chi connectivity index (χ0n) is 7.49. The smallest absolute Gasteiger partial charge is 0.273 e. The predicted molar refractivity (Wildman–Crippen MR) is 50.7 cm³/mol. The van der Waals surface area contributed by atoms with Crippen molar-refractivity contribution in [2.24, 2.45) is 0 Å². The van der Waals surface area contributed by atoms with E-state index in [4.69, 9.17) is 5.11 Å². The average Bonchev–Trinajstić information content (AvgIpc) is 2.30. The van der Waals surface area contributed by atoms with E-state index in [-0.39, 0.29) is 18.3 Å². The SMILES string of the molecule is O=C1NCCCCC1[S+]([O-])CCO. The molecule has 2 N–H and O–H groups in total. The van der Waals surface area contributed by atoms with Gasteiger partial charge in [0.2, 0.25) is 0 Å². The van der Waals surface area contributed by atoms with Gasteiger partial charge in [0.1, 0.15) is 5.75 Å². The van der Waals surface area contributed by atoms with Crippen LogP contribution >= 0.6 is 0 Å². The average molecular weight is 205 g/mol. The first-order chi connectivity index (χ1) is 6.25. The Bertz CT molecular complexity index is 177. The van der Waals surface area contributed by atoms with Crippen molar-refractivity contribution in [1.29, 1.82) is 0 Å². The van der Waals surface area contributed by atoms with E-state index in [1.54, 1.807) is 0 Å². The first-order valence-corrected chi connectivity index (χ1v) is 5.89. The maximum absolute atomic E-state index is 11.5. The fraction of sp³-hybridized carbons (Fsp3) is 0.875. The second kappa shape index (κ2) is 5.47. The summed E-state index contributed by atoms with van der Waals surface area (Å²) in [5, 5.41) is 10.9. The number of aliphatic hydroxyl groups excluding tert-OH is 1. The number of hydrogen-bond donors (Lipinski definition) is 2. The Labute approximate surface area is 80.9 Å². The molecule has 4 nitrogen and oxygen atoms in total. The summed E-state index contributed by atoms with van der Waals surface area (Å²) in [7, 11) is 0. The number of carbonyl (C=O) groups excluding carboxylic acids is 1. The lowest BCUT2D eigenvalue weighted by molar-refractivity contribution is -0.120. The summed E-state index contributed by atoms with van der Waals surface area (Å²) in [6, 6.07) is 0. The standard InChI is InChI=1S/C8H15NO3S/c10-5-6-13(12)7-3-1-2-4-9-8(7)11/h7,10H,1-6H2,(H,9,11). The third kappa shape index (κ3) is 3.17. The molecule has 1 aliphatic heterocycles. The van der Waals surface area contributed by atoms with Gasteiger partial charge in [0.05, 0.1) is 6.61 Å². The van der Waals surface area contributed by atoms with Gasteiger partial charge in [0, 0.05) is 13.0 Å². The zero-order valence-corrected chi connectivity index (χ0v) is 8.31. The highest BCUT2D eigenvalue weighted by Crippen LogP contribution is 2.14. The van der Waals surface area contributed by atoms with Gasteiger partial charge in [-0.1, -0.05) is 0 Å². The summed E-state index contributed by atoms with van der Waals surface area (Å²) >= 11 is -1.21. The van der Waals surface area contributed by atoms with Gasteiger partial charge in [0.25, 0.3) is 5.91 Å². The van der Waals surface area contributed by atoms with Crippen LogP contribution in [0.3, 0.4) is 0 Å². The Balaban J connectivity index is 2.48. The predicted octanol–water partition coefficient (Wildman–Crippen LogP) is -0.604. The molecule has 2 unspecified atom stereocenters. The van der Waals surface area contributed by atoms with E-state index in [0.717, 1.165) is 12.8 Å². The minimum Gasteiger partial charge on any atom is -0.616 e. The van der Waals surface area contributed by atoms with Crippen molar-refractivity contribution >= 4 is 17.1 Å². The van der Waals surface area contributed by atoms with Crippen molar-refractivity contribution in [3.05, 3.63) is 0 Å². The Kier molecular flexibility index (Phi) is 4.55. The molecule has 0 radical (unpaired) electrons. The number of nitrogens with one attached hydrogen (secondary N) is 1. The molecular formula is C8H15NO3S. The molecule has 2 atom stereocenters. The van der Waals surface area contributed by atoms with Crippen LogP contribution in [0.5, 0.6) is 0 Å². The van der Waals surface area contributed by atoms with Gasteiger partial charge in [-0.2, -0.15) is 0 Å². The summed E-state index contributed by atoms with van der Waals surface area (Å²) in [4.78, 5) is 11.3. The third-order valence-electron chi connectivity index (χ3n) is 2.09. The van der Waals surface area contributed by atoms with Gasteiger partial charge in [-0.25, -0.2) is 0 Å². The normalized spacial score (nSPS) is 26.3. The molecule has 1 aliphatic rings. The topological polar surface area (TPSA) is 72.4 Å². The van der Waals surface area contributed by atoms with Gasteiger partial charge in [-0.05, 0) is 24.0 Å². The van der Waals surface area contributed by atoms with Gasteiger partial charge in [-0.15, -0.1) is 0 Å². The molecule has 0 aromatic rings. The number of amides is 1. The van der Waals surface area contributed by atoms with E-state index < -0.39 is 16.4 Å². The molecule has 0 spiro atoms. The van der Waals surface area contributed by atoms with Crippen LogP contribution in [0, 0.1) is 0 Å². The van der Waals surface area contributed by atoms with E-state index in [9.17, 15) is 9.35 Å². The molecular weight excluding hydrogens is 190 g/mol. The second-order valence-electron chi connectivity index (χ2n) is 3.08. The Hall–Kier alpha value is -0.260. The first-order valence-electron chi connectivity index (χ1n) is 4.51. The van der Waals surface area contributed by atoms with Crippen LogP contribution in [0.25, 0.3) is 0 Å². The molecule has 76 valence electrons. The summed E-state index contributed by atoms with van der Waals surface area (Å²) in [6.07, 6.45) is 2.57. The van der Waals surface area contributed by atoms with Crippen LogP contribution in [-0.2, 0) is 16.0 Å². The van der Waals surface area contributed by atoms with Crippen LogP contribution in [0.4, 0.5) is 0 Å². The summed E-state index contributed by atoms with van der Waals surface area (Å²) in [5.41, 5.74) is 0. The molecule has 0 aromatic heterocycles. The van der Waals surface area contributed by atoms with E-state index >= 15 is 0 Å². The molecule has 1 rings (SSSR count). The Morgan fingerprint density at radius 3 is 3.08 bits per heavy atom. The van der Waals surface area contributed by atoms with Crippen LogP contribution in [0.2, 0.25) is 0 Å². The van der Waals surface area contributed by atoms with Crippen molar-refractivity contribution < 1.29 is 14.5 Å². The zero-order chi connectivity index (χ0) is 9.68. The summed E-state index contributed by atoms with van der Waals surface area (Å²) in [5.74, 6) is 0.0854. The highest BCUT2D eigenvalue weighted by atomic mass is 32.2. The highest BCUT2D eigenvalue weighted by Gasteiger charge is 2.30. The van der Waals surface area contributed by atoms with Gasteiger partial charge < -0.3 is 15.0 Å². The fourth-order valence-electron chi connectivity index (χ4n) is 1.39. The van der Waals surface area contributed by atoms with Gasteiger partial charge in [-0.3, -0.25) is 4.79 Å². The maximum Gasteiger partial charge on any atom is 0.273 e. The van der Waals surface area contributed by atoms with Crippen LogP contribution < -0.4 is 5.32 Å². The first kappa shape index (κ1) is 10.8. The molecule has 0 saturated carbocycles. The van der Waals surface area contributed by atoms with Crippen molar-refractivity contribution in [3.8, 4) is 0 Å². The second-order valence-corrected chi connectivity index (χ2v) is 4.82. The van der Waals surface area contributed by atoms with Crippen LogP contribution in [0.15, 0.2) is 0 Å². The van der Waals surface area contributed by atoms with Crippen molar-refractivity contribution in [2.45, 2.75) is 24.5 Å². The van der Waals surface area contributed by atoms with Crippen LogP contribution in [0.1, 0.15) is 19.3 Å². The number of hydrogen-bond acceptors (Lipinski definition) is 3. The lowest BCUT2D eigenvalue weighted by atomic mass is 10.2. The van der Waals surface area contributed by atoms with E-state index in [1.807, 2.05) is 0 Å². The lowest BCUT2D eigenvalue weighted by Gasteiger charge is -2.17. The third-order valence-corrected chi connectivity index (χ3v) is 3.76. The van der Waals surface area contributed by atoms with Crippen molar-refractivity contribution in [2.75, 3.05) is 18.9 Å². The lowest BCUT2D eigenvalue weighted by Crippen LogP contribution is -2.39. The van der Waals surface area contributed by atoms with Gasteiger partial charge >= 0.3 is 0 Å². The number of rotatable bonds is 3. The quantitative estimate of drug-likeness (QED) is 0.604. The number of carbonyl (C=O) groups is 1. The largest absolute Gasteiger partial charge is 0.616 e. The molecule has 1 saturated heterocycles. The minimum absolute atomic E-state index is 0.115. The number of aliphatic hydroxyl groups is 1. The van der Waals surface area contributed by atoms with Crippen molar-refractivity contribution in [3.63, 3.8) is 0 Å². The van der Waals surface area contributed by atoms with E-state index in [0.29, 0.717) is 13.0 Å². The summed E-state index contributed by atoms with van der Waals surface area (Å²) in [6.45, 7) is 0.571. The molecule has 1 heterocycles. The molecule has 13 heavy (non-hydrogen) atoms. The Morgan fingerprint density at radius 1 is 1.62 bits per heavy atom. The molecule has 1 fully saturated rings. The van der Waals surface area contributed by atoms with E-state index in [1.165, 1.54) is 0 Å². The monoisotopic (exact) mass is 205 g/mol. The molecule has 5 heteroatoms. The van der Waals surface area contributed by atoms with Gasteiger partial charge in [0.15, 0.2) is 5.25 Å². The van der Waals surface area contributed by atoms with E-state index in [2.05, 4.69) is 5.32 Å².